The van der Waals surface area contributed by atoms with E-state index in [0.29, 0.717) is 5.78 Å². The van der Waals surface area contributed by atoms with Gasteiger partial charge in [0.15, 0.2) is 0 Å². The van der Waals surface area contributed by atoms with Crippen LogP contribution in [0.25, 0.3) is 0 Å². The number of carbonyl (C=O) groups is 1. The third-order valence-electron chi connectivity index (χ3n) is 2.15. The molecule has 1 unspecified atom stereocenters. The SMILES string of the molecule is CC(=O)CCCCCCCC(C)O. The summed E-state index contributed by atoms with van der Waals surface area (Å²) in [6.07, 6.45) is 7.16. The topological polar surface area (TPSA) is 37.3 Å². The van der Waals surface area contributed by atoms with Gasteiger partial charge in [0.05, 0.1) is 6.10 Å². The van der Waals surface area contributed by atoms with E-state index in [9.17, 15) is 4.79 Å². The molecule has 0 spiro atoms. The van der Waals surface area contributed by atoms with Crippen LogP contribution in [0, 0.1) is 0 Å². The summed E-state index contributed by atoms with van der Waals surface area (Å²) in [4.78, 5) is 10.6. The first kappa shape index (κ1) is 12.6. The summed E-state index contributed by atoms with van der Waals surface area (Å²) < 4.78 is 0. The number of hydrogen-bond donors (Lipinski definition) is 1. The Morgan fingerprint density at radius 1 is 1.15 bits per heavy atom. The van der Waals surface area contributed by atoms with Crippen LogP contribution in [0.3, 0.4) is 0 Å². The highest BCUT2D eigenvalue weighted by Crippen LogP contribution is 2.08. The van der Waals surface area contributed by atoms with Gasteiger partial charge < -0.3 is 9.90 Å². The van der Waals surface area contributed by atoms with E-state index in [1.165, 1.54) is 12.8 Å². The van der Waals surface area contributed by atoms with Gasteiger partial charge in [0.2, 0.25) is 0 Å². The summed E-state index contributed by atoms with van der Waals surface area (Å²) in [5.41, 5.74) is 0. The van der Waals surface area contributed by atoms with Gasteiger partial charge in [-0.25, -0.2) is 0 Å². The Hall–Kier alpha value is -0.370. The Morgan fingerprint density at radius 2 is 1.69 bits per heavy atom. The summed E-state index contributed by atoms with van der Waals surface area (Å²) in [7, 11) is 0. The van der Waals surface area contributed by atoms with E-state index in [2.05, 4.69) is 0 Å². The van der Waals surface area contributed by atoms with Gasteiger partial charge in [-0.05, 0) is 26.7 Å². The van der Waals surface area contributed by atoms with E-state index in [-0.39, 0.29) is 6.10 Å². The predicted octanol–water partition coefficient (Wildman–Crippen LogP) is 2.69. The second kappa shape index (κ2) is 8.24. The van der Waals surface area contributed by atoms with Gasteiger partial charge >= 0.3 is 0 Å². The van der Waals surface area contributed by atoms with Crippen molar-refractivity contribution in [3.63, 3.8) is 0 Å². The Kier molecular flexibility index (Phi) is 8.00. The number of hydrogen-bond acceptors (Lipinski definition) is 2. The third kappa shape index (κ3) is 11.6. The van der Waals surface area contributed by atoms with Crippen molar-refractivity contribution in [3.05, 3.63) is 0 Å². The molecule has 0 aliphatic rings. The molecule has 0 aliphatic heterocycles. The smallest absolute Gasteiger partial charge is 0.129 e. The zero-order valence-corrected chi connectivity index (χ0v) is 8.88. The molecule has 1 N–H and O–H groups in total. The van der Waals surface area contributed by atoms with Crippen LogP contribution in [0.15, 0.2) is 0 Å². The first-order chi connectivity index (χ1) is 6.13. The molecule has 1 atom stereocenters. The first-order valence-electron chi connectivity index (χ1n) is 5.30. The summed E-state index contributed by atoms with van der Waals surface area (Å²) in [5.74, 6) is 0.295. The summed E-state index contributed by atoms with van der Waals surface area (Å²) in [6.45, 7) is 3.48. The molecular formula is C11H22O2. The Balaban J connectivity index is 2.96. The molecule has 0 heterocycles. The molecular weight excluding hydrogens is 164 g/mol. The standard InChI is InChI=1S/C11H22O2/c1-10(12)8-6-4-3-5-7-9-11(2)13/h10,12H,3-9H2,1-2H3. The lowest BCUT2D eigenvalue weighted by Gasteiger charge is -2.03. The van der Waals surface area contributed by atoms with Crippen molar-refractivity contribution in [2.24, 2.45) is 0 Å². The minimum atomic E-state index is -0.155. The lowest BCUT2D eigenvalue weighted by Crippen LogP contribution is -1.98. The zero-order chi connectivity index (χ0) is 10.1. The quantitative estimate of drug-likeness (QED) is 0.592. The second-order valence-corrected chi connectivity index (χ2v) is 3.86. The van der Waals surface area contributed by atoms with E-state index in [0.717, 1.165) is 32.1 Å². The second-order valence-electron chi connectivity index (χ2n) is 3.86. The molecule has 0 aromatic heterocycles. The fourth-order valence-electron chi connectivity index (χ4n) is 1.34. The van der Waals surface area contributed by atoms with Crippen LogP contribution in [-0.4, -0.2) is 17.0 Å². The van der Waals surface area contributed by atoms with Crippen molar-refractivity contribution >= 4 is 5.78 Å². The number of Topliss-reactive ketones (excluding diaryl/α,β-unsaturated/α-hetero) is 1. The molecule has 78 valence electrons. The number of carbonyl (C=O) groups excluding carboxylic acids is 1. The molecule has 0 fully saturated rings. The van der Waals surface area contributed by atoms with Crippen LogP contribution in [-0.2, 0) is 4.79 Å². The van der Waals surface area contributed by atoms with Gasteiger partial charge in [0.1, 0.15) is 5.78 Å². The lowest BCUT2D eigenvalue weighted by atomic mass is 10.1. The van der Waals surface area contributed by atoms with Crippen molar-refractivity contribution in [1.29, 1.82) is 0 Å². The molecule has 0 aromatic carbocycles. The van der Waals surface area contributed by atoms with E-state index in [4.69, 9.17) is 5.11 Å². The molecule has 0 rings (SSSR count). The van der Waals surface area contributed by atoms with Crippen LogP contribution in [0.4, 0.5) is 0 Å². The monoisotopic (exact) mass is 186 g/mol. The minimum Gasteiger partial charge on any atom is -0.393 e. The Bertz CT molecular complexity index is 130. The van der Waals surface area contributed by atoms with Crippen molar-refractivity contribution in [2.45, 2.75) is 64.9 Å². The highest BCUT2D eigenvalue weighted by atomic mass is 16.3. The summed E-state index contributed by atoms with van der Waals surface area (Å²) in [5, 5.41) is 8.98. The molecule has 0 aliphatic carbocycles. The highest BCUT2D eigenvalue weighted by molar-refractivity contribution is 5.75. The molecule has 13 heavy (non-hydrogen) atoms. The van der Waals surface area contributed by atoms with E-state index < -0.39 is 0 Å². The number of unbranched alkanes of at least 4 members (excludes halogenated alkanes) is 4. The van der Waals surface area contributed by atoms with Crippen LogP contribution >= 0.6 is 0 Å². The molecule has 2 nitrogen and oxygen atoms in total. The largest absolute Gasteiger partial charge is 0.393 e. The first-order valence-corrected chi connectivity index (χ1v) is 5.30. The summed E-state index contributed by atoms with van der Waals surface area (Å²) in [6, 6.07) is 0. The van der Waals surface area contributed by atoms with Crippen LogP contribution in [0.5, 0.6) is 0 Å². The van der Waals surface area contributed by atoms with Crippen molar-refractivity contribution in [2.75, 3.05) is 0 Å². The third-order valence-corrected chi connectivity index (χ3v) is 2.15. The number of aliphatic hydroxyl groups is 1. The molecule has 0 amide bonds. The van der Waals surface area contributed by atoms with Crippen LogP contribution < -0.4 is 0 Å². The van der Waals surface area contributed by atoms with Crippen molar-refractivity contribution in [1.82, 2.24) is 0 Å². The van der Waals surface area contributed by atoms with Gasteiger partial charge in [0.25, 0.3) is 0 Å². The molecule has 0 radical (unpaired) electrons. The number of ketones is 1. The molecule has 0 saturated carbocycles. The van der Waals surface area contributed by atoms with E-state index in [1.54, 1.807) is 6.92 Å². The van der Waals surface area contributed by atoms with E-state index >= 15 is 0 Å². The normalized spacial score (nSPS) is 12.8. The van der Waals surface area contributed by atoms with Gasteiger partial charge in [-0.15, -0.1) is 0 Å². The van der Waals surface area contributed by atoms with Crippen molar-refractivity contribution < 1.29 is 9.90 Å². The van der Waals surface area contributed by atoms with E-state index in [1.807, 2.05) is 6.92 Å². The fourth-order valence-corrected chi connectivity index (χ4v) is 1.34. The average molecular weight is 186 g/mol. The van der Waals surface area contributed by atoms with Crippen LogP contribution in [0.1, 0.15) is 58.8 Å². The molecule has 0 saturated heterocycles. The Morgan fingerprint density at radius 3 is 2.23 bits per heavy atom. The van der Waals surface area contributed by atoms with Gasteiger partial charge in [-0.1, -0.05) is 25.7 Å². The number of rotatable bonds is 8. The van der Waals surface area contributed by atoms with Crippen molar-refractivity contribution in [3.8, 4) is 0 Å². The van der Waals surface area contributed by atoms with Crippen LogP contribution in [0.2, 0.25) is 0 Å². The molecule has 0 bridgehead atoms. The van der Waals surface area contributed by atoms with Gasteiger partial charge in [0, 0.05) is 6.42 Å². The van der Waals surface area contributed by atoms with Gasteiger partial charge in [-0.3, -0.25) is 0 Å². The zero-order valence-electron chi connectivity index (χ0n) is 8.88. The highest BCUT2D eigenvalue weighted by Gasteiger charge is 1.96. The maximum Gasteiger partial charge on any atom is 0.129 e. The molecule has 2 heteroatoms. The summed E-state index contributed by atoms with van der Waals surface area (Å²) >= 11 is 0. The van der Waals surface area contributed by atoms with Gasteiger partial charge in [-0.2, -0.15) is 0 Å². The Labute approximate surface area is 81.3 Å². The molecule has 0 aromatic rings. The maximum absolute atomic E-state index is 10.6. The number of aliphatic hydroxyl groups excluding tert-OH is 1. The average Bonchev–Trinajstić information content (AvgIpc) is 2.01. The predicted molar refractivity (Wildman–Crippen MR) is 54.7 cm³/mol. The maximum atomic E-state index is 10.6. The minimum absolute atomic E-state index is 0.155. The fraction of sp³-hybridized carbons (Fsp3) is 0.909. The lowest BCUT2D eigenvalue weighted by molar-refractivity contribution is -0.117.